The maximum Gasteiger partial charge on any atom is 0.237 e. The summed E-state index contributed by atoms with van der Waals surface area (Å²) >= 11 is 0. The minimum absolute atomic E-state index is 0.00489. The van der Waals surface area contributed by atoms with Crippen molar-refractivity contribution < 1.29 is 4.42 Å². The van der Waals surface area contributed by atoms with E-state index in [-0.39, 0.29) is 10.8 Å². The topological polar surface area (TPSA) is 69.1 Å². The Morgan fingerprint density at radius 1 is 0.667 bits per heavy atom. The molecule has 0 fully saturated rings. The number of furan rings is 1. The number of hydrogen-bond acceptors (Lipinski definition) is 5. The van der Waals surface area contributed by atoms with Gasteiger partial charge in [0.25, 0.3) is 0 Å². The van der Waals surface area contributed by atoms with Crippen molar-refractivity contribution in [3.63, 3.8) is 0 Å². The first-order chi connectivity index (χ1) is 21.7. The van der Waals surface area contributed by atoms with Crippen molar-refractivity contribution in [1.82, 2.24) is 24.3 Å². The van der Waals surface area contributed by atoms with Crippen molar-refractivity contribution >= 4 is 38.9 Å². The Bertz CT molecular complexity index is 2390. The molecule has 0 atom stereocenters. The third-order valence-corrected chi connectivity index (χ3v) is 8.96. The lowest BCUT2D eigenvalue weighted by Crippen LogP contribution is -2.20. The molecule has 5 heterocycles. The fourth-order valence-corrected chi connectivity index (χ4v) is 6.24. The molecule has 0 aliphatic carbocycles. The van der Waals surface area contributed by atoms with Crippen molar-refractivity contribution in [1.29, 1.82) is 0 Å². The van der Waals surface area contributed by atoms with E-state index in [1.165, 1.54) is 11.1 Å². The second kappa shape index (κ2) is 9.83. The van der Waals surface area contributed by atoms with Gasteiger partial charge in [-0.05, 0) is 65.1 Å². The monoisotopic (exact) mass is 587 g/mol. The molecular formula is C39H33N5O. The summed E-state index contributed by atoms with van der Waals surface area (Å²) in [5.41, 5.74) is 10.3. The van der Waals surface area contributed by atoms with Gasteiger partial charge in [-0.2, -0.15) is 0 Å². The Morgan fingerprint density at radius 2 is 1.49 bits per heavy atom. The Labute approximate surface area is 261 Å². The summed E-state index contributed by atoms with van der Waals surface area (Å²) in [4.78, 5) is 19.4. The van der Waals surface area contributed by atoms with Gasteiger partial charge in [0.15, 0.2) is 0 Å². The Hall–Kier alpha value is -5.36. The third-order valence-electron chi connectivity index (χ3n) is 8.96. The summed E-state index contributed by atoms with van der Waals surface area (Å²) in [7, 11) is 0. The number of hydrogen-bond donors (Lipinski definition) is 0. The van der Waals surface area contributed by atoms with Crippen LogP contribution in [0.2, 0.25) is 0 Å². The molecule has 8 rings (SSSR count). The molecule has 0 saturated carbocycles. The van der Waals surface area contributed by atoms with E-state index in [1.54, 1.807) is 0 Å². The zero-order valence-electron chi connectivity index (χ0n) is 26.0. The highest BCUT2D eigenvalue weighted by Crippen LogP contribution is 2.38. The molecule has 0 amide bonds. The number of nitrogens with zero attached hydrogens (tertiary/aromatic N) is 5. The van der Waals surface area contributed by atoms with Gasteiger partial charge in [0.05, 0.1) is 33.5 Å². The van der Waals surface area contributed by atoms with E-state index in [2.05, 4.69) is 118 Å². The van der Waals surface area contributed by atoms with E-state index in [0.29, 0.717) is 5.78 Å². The van der Waals surface area contributed by atoms with Crippen LogP contribution in [0.25, 0.3) is 61.4 Å². The Kier molecular flexibility index (Phi) is 5.94. The zero-order chi connectivity index (χ0) is 30.9. The molecule has 8 aromatic rings. The first-order valence-corrected chi connectivity index (χ1v) is 15.3. The fraction of sp³-hybridized carbons (Fsp3) is 0.179. The molecule has 0 bridgehead atoms. The van der Waals surface area contributed by atoms with E-state index in [1.807, 2.05) is 35.0 Å². The van der Waals surface area contributed by atoms with Crippen LogP contribution in [0, 0.1) is 0 Å². The molecule has 3 aromatic carbocycles. The van der Waals surface area contributed by atoms with E-state index >= 15 is 0 Å². The number of aromatic nitrogens is 5. The molecule has 5 aromatic heterocycles. The molecule has 0 spiro atoms. The highest BCUT2D eigenvalue weighted by molar-refractivity contribution is 6.09. The van der Waals surface area contributed by atoms with Crippen molar-refractivity contribution in [3.05, 3.63) is 126 Å². The largest absolute Gasteiger partial charge is 0.438 e. The molecule has 220 valence electrons. The molecule has 0 saturated heterocycles. The summed E-state index contributed by atoms with van der Waals surface area (Å²) in [6, 6.07) is 33.5. The SMILES string of the molecule is CC(C)(C)c1ccc2nc3ncc4c5cccc(-c6cccc(C(C)(C)c7cccc(-c8ccccn8)c7)n6)c5oc4n3c2c1. The number of fused-ring (bicyclic) bond motifs is 7. The van der Waals surface area contributed by atoms with Gasteiger partial charge in [0, 0.05) is 34.3 Å². The van der Waals surface area contributed by atoms with E-state index in [9.17, 15) is 0 Å². The van der Waals surface area contributed by atoms with Crippen LogP contribution in [0.5, 0.6) is 0 Å². The number of para-hydroxylation sites is 1. The third kappa shape index (κ3) is 4.40. The van der Waals surface area contributed by atoms with Crippen LogP contribution in [0.4, 0.5) is 0 Å². The van der Waals surface area contributed by atoms with Gasteiger partial charge in [-0.25, -0.2) is 14.4 Å². The standard InChI is InChI=1S/C39H33N5O/c1-38(2,3)25-18-19-32-33(22-25)44-36-29(23-41-37(44)43-32)27-13-9-14-28(35(27)45-36)31-16-10-17-34(42-31)39(4,5)26-12-8-11-24(21-26)30-15-6-7-20-40-30/h6-23H,1-5H3. The molecule has 0 radical (unpaired) electrons. The average molecular weight is 588 g/mol. The molecule has 6 nitrogen and oxygen atoms in total. The van der Waals surface area contributed by atoms with Crippen LogP contribution < -0.4 is 0 Å². The molecule has 6 heteroatoms. The van der Waals surface area contributed by atoms with Crippen molar-refractivity contribution in [2.45, 2.75) is 45.4 Å². The van der Waals surface area contributed by atoms with Crippen LogP contribution in [-0.2, 0) is 10.8 Å². The lowest BCUT2D eigenvalue weighted by molar-refractivity contribution is 0.591. The molecular weight excluding hydrogens is 554 g/mol. The van der Waals surface area contributed by atoms with Crippen LogP contribution >= 0.6 is 0 Å². The smallest absolute Gasteiger partial charge is 0.237 e. The minimum atomic E-state index is -0.348. The van der Waals surface area contributed by atoms with Gasteiger partial charge >= 0.3 is 0 Å². The highest BCUT2D eigenvalue weighted by Gasteiger charge is 2.26. The predicted octanol–water partition coefficient (Wildman–Crippen LogP) is 9.53. The fourth-order valence-electron chi connectivity index (χ4n) is 6.24. The predicted molar refractivity (Wildman–Crippen MR) is 182 cm³/mol. The average Bonchev–Trinajstić information content (AvgIpc) is 3.63. The zero-order valence-corrected chi connectivity index (χ0v) is 26.0. The number of benzene rings is 3. The quantitative estimate of drug-likeness (QED) is 0.205. The van der Waals surface area contributed by atoms with Gasteiger partial charge in [-0.1, -0.05) is 83.1 Å². The molecule has 0 aliphatic rings. The Balaban J connectivity index is 1.27. The number of rotatable bonds is 4. The van der Waals surface area contributed by atoms with E-state index in [0.717, 1.165) is 61.3 Å². The first kappa shape index (κ1) is 27.2. The van der Waals surface area contributed by atoms with Gasteiger partial charge in [0.2, 0.25) is 11.5 Å². The maximum atomic E-state index is 6.75. The summed E-state index contributed by atoms with van der Waals surface area (Å²) < 4.78 is 8.80. The lowest BCUT2D eigenvalue weighted by Gasteiger charge is -2.26. The second-order valence-electron chi connectivity index (χ2n) is 13.3. The van der Waals surface area contributed by atoms with Gasteiger partial charge in [-0.3, -0.25) is 9.97 Å². The summed E-state index contributed by atoms with van der Waals surface area (Å²) in [6.07, 6.45) is 3.70. The molecule has 0 aliphatic heterocycles. The molecule has 0 N–H and O–H groups in total. The van der Waals surface area contributed by atoms with E-state index < -0.39 is 0 Å². The maximum absolute atomic E-state index is 6.75. The first-order valence-electron chi connectivity index (χ1n) is 15.3. The summed E-state index contributed by atoms with van der Waals surface area (Å²) in [5, 5.41) is 1.95. The summed E-state index contributed by atoms with van der Waals surface area (Å²) in [5.74, 6) is 0.624. The number of imidazole rings is 1. The van der Waals surface area contributed by atoms with Crippen LogP contribution in [0.15, 0.2) is 114 Å². The van der Waals surface area contributed by atoms with Gasteiger partial charge < -0.3 is 4.42 Å². The Morgan fingerprint density at radius 3 is 2.31 bits per heavy atom. The highest BCUT2D eigenvalue weighted by atomic mass is 16.3. The minimum Gasteiger partial charge on any atom is -0.438 e. The van der Waals surface area contributed by atoms with Crippen molar-refractivity contribution in [3.8, 4) is 22.5 Å². The van der Waals surface area contributed by atoms with Crippen LogP contribution in [0.3, 0.4) is 0 Å². The van der Waals surface area contributed by atoms with Crippen LogP contribution in [-0.4, -0.2) is 24.3 Å². The second-order valence-corrected chi connectivity index (χ2v) is 13.3. The van der Waals surface area contributed by atoms with Gasteiger partial charge in [-0.15, -0.1) is 0 Å². The van der Waals surface area contributed by atoms with Crippen molar-refractivity contribution in [2.75, 3.05) is 0 Å². The van der Waals surface area contributed by atoms with E-state index in [4.69, 9.17) is 19.4 Å². The molecule has 45 heavy (non-hydrogen) atoms. The molecule has 0 unspecified atom stereocenters. The number of pyridine rings is 2. The van der Waals surface area contributed by atoms with Gasteiger partial charge in [0.1, 0.15) is 5.58 Å². The van der Waals surface area contributed by atoms with Crippen LogP contribution in [0.1, 0.15) is 51.4 Å². The lowest BCUT2D eigenvalue weighted by atomic mass is 9.80. The normalized spacial score (nSPS) is 12.6. The van der Waals surface area contributed by atoms with Crippen molar-refractivity contribution in [2.24, 2.45) is 0 Å². The summed E-state index contributed by atoms with van der Waals surface area (Å²) in [6.45, 7) is 11.1.